The van der Waals surface area contributed by atoms with Crippen molar-refractivity contribution >= 4 is 23.7 Å². The molecule has 0 aliphatic carbocycles. The number of aliphatic hydroxyl groups excluding tert-OH is 1. The molecular formula is C20H37N5O6. The molecule has 11 nitrogen and oxygen atoms in total. The van der Waals surface area contributed by atoms with Gasteiger partial charge in [-0.3, -0.25) is 14.4 Å². The van der Waals surface area contributed by atoms with Gasteiger partial charge in [-0.1, -0.05) is 13.8 Å². The third-order valence-corrected chi connectivity index (χ3v) is 5.25. The van der Waals surface area contributed by atoms with Crippen LogP contribution in [0.1, 0.15) is 52.9 Å². The van der Waals surface area contributed by atoms with Crippen LogP contribution in [0, 0.1) is 5.92 Å². The Bertz CT molecular complexity index is 621. The third kappa shape index (κ3) is 8.80. The van der Waals surface area contributed by atoms with Gasteiger partial charge >= 0.3 is 5.97 Å². The lowest BCUT2D eigenvalue weighted by Crippen LogP contribution is -2.60. The molecule has 0 saturated carbocycles. The number of amides is 3. The summed E-state index contributed by atoms with van der Waals surface area (Å²) < 4.78 is 0. The molecule has 1 heterocycles. The molecule has 0 aromatic rings. The number of aliphatic hydroxyl groups is 1. The number of carboxylic acid groups (broad SMARTS) is 1. The van der Waals surface area contributed by atoms with Crippen molar-refractivity contribution in [3.8, 4) is 0 Å². The number of hydrogen-bond donors (Lipinski definition) is 7. The van der Waals surface area contributed by atoms with Crippen LogP contribution in [0.5, 0.6) is 0 Å². The number of nitrogens with two attached hydrogens (primary N) is 1. The van der Waals surface area contributed by atoms with E-state index >= 15 is 0 Å². The monoisotopic (exact) mass is 443 g/mol. The lowest BCUT2D eigenvalue weighted by Gasteiger charge is -2.28. The number of nitrogens with one attached hydrogen (secondary N) is 4. The summed E-state index contributed by atoms with van der Waals surface area (Å²) in [5.41, 5.74) is 5.41. The van der Waals surface area contributed by atoms with Crippen molar-refractivity contribution in [3.05, 3.63) is 0 Å². The van der Waals surface area contributed by atoms with E-state index in [-0.39, 0.29) is 24.3 Å². The summed E-state index contributed by atoms with van der Waals surface area (Å²) in [6, 6.07) is -3.81. The fourth-order valence-electron chi connectivity index (χ4n) is 3.36. The molecule has 1 aliphatic heterocycles. The topological polar surface area (TPSA) is 183 Å². The minimum absolute atomic E-state index is 0.178. The van der Waals surface area contributed by atoms with Crippen molar-refractivity contribution in [2.45, 2.75) is 83.1 Å². The lowest BCUT2D eigenvalue weighted by molar-refractivity contribution is -0.143. The number of carbonyl (C=O) groups is 4. The number of carboxylic acids is 1. The van der Waals surface area contributed by atoms with E-state index in [9.17, 15) is 29.4 Å². The van der Waals surface area contributed by atoms with Crippen molar-refractivity contribution in [2.75, 3.05) is 13.1 Å². The molecule has 0 radical (unpaired) electrons. The maximum atomic E-state index is 12.8. The van der Waals surface area contributed by atoms with Crippen molar-refractivity contribution < 1.29 is 29.4 Å². The second-order valence-corrected chi connectivity index (χ2v) is 8.29. The standard InChI is InChI=1S/C20H37N5O6/c1-11(2)15(24-17(27)13-8-6-10-22-13)18(28)25-16(12(3)26)19(29)23-14(20(30)31)7-4-5-9-21/h11-16,22,26H,4-10,21H2,1-3H3,(H,23,29)(H,24,27)(H,25,28)(H,30,31). The van der Waals surface area contributed by atoms with Crippen LogP contribution in [0.25, 0.3) is 0 Å². The number of carbonyl (C=O) groups excluding carboxylic acids is 3. The van der Waals surface area contributed by atoms with E-state index in [2.05, 4.69) is 21.3 Å². The summed E-state index contributed by atoms with van der Waals surface area (Å²) in [7, 11) is 0. The minimum Gasteiger partial charge on any atom is -0.480 e. The van der Waals surface area contributed by atoms with E-state index in [1.54, 1.807) is 13.8 Å². The van der Waals surface area contributed by atoms with Gasteiger partial charge < -0.3 is 37.2 Å². The van der Waals surface area contributed by atoms with Gasteiger partial charge in [0.15, 0.2) is 0 Å². The van der Waals surface area contributed by atoms with Crippen LogP contribution < -0.4 is 27.0 Å². The van der Waals surface area contributed by atoms with Gasteiger partial charge in [0, 0.05) is 0 Å². The number of unbranched alkanes of at least 4 members (excludes halogenated alkanes) is 1. The van der Waals surface area contributed by atoms with E-state index < -0.39 is 42.0 Å². The Morgan fingerprint density at radius 1 is 1.03 bits per heavy atom. The molecule has 0 spiro atoms. The Morgan fingerprint density at radius 2 is 1.68 bits per heavy atom. The first kappa shape index (κ1) is 26.8. The molecule has 8 N–H and O–H groups in total. The smallest absolute Gasteiger partial charge is 0.326 e. The molecule has 5 atom stereocenters. The summed E-state index contributed by atoms with van der Waals surface area (Å²) in [5, 5.41) is 30.0. The maximum absolute atomic E-state index is 12.8. The predicted octanol–water partition coefficient (Wildman–Crippen LogP) is -1.56. The molecule has 31 heavy (non-hydrogen) atoms. The predicted molar refractivity (Wildman–Crippen MR) is 114 cm³/mol. The van der Waals surface area contributed by atoms with Crippen LogP contribution in [-0.4, -0.2) is 77.3 Å². The highest BCUT2D eigenvalue weighted by Gasteiger charge is 2.34. The zero-order valence-electron chi connectivity index (χ0n) is 18.5. The molecule has 1 fully saturated rings. The van der Waals surface area contributed by atoms with Gasteiger partial charge in [0.05, 0.1) is 12.1 Å². The number of hydrogen-bond acceptors (Lipinski definition) is 7. The Balaban J connectivity index is 2.80. The number of rotatable bonds is 13. The van der Waals surface area contributed by atoms with Crippen LogP contribution in [0.15, 0.2) is 0 Å². The lowest BCUT2D eigenvalue weighted by atomic mass is 10.0. The molecular weight excluding hydrogens is 406 g/mol. The maximum Gasteiger partial charge on any atom is 0.326 e. The number of aliphatic carboxylic acids is 1. The summed E-state index contributed by atoms with van der Waals surface area (Å²) in [4.78, 5) is 49.3. The Hall–Kier alpha value is -2.24. The van der Waals surface area contributed by atoms with Crippen LogP contribution in [0.3, 0.4) is 0 Å². The van der Waals surface area contributed by atoms with E-state index in [1.165, 1.54) is 6.92 Å². The van der Waals surface area contributed by atoms with Gasteiger partial charge in [0.1, 0.15) is 18.1 Å². The molecule has 178 valence electrons. The first-order valence-corrected chi connectivity index (χ1v) is 10.8. The Morgan fingerprint density at radius 3 is 2.16 bits per heavy atom. The van der Waals surface area contributed by atoms with Crippen molar-refractivity contribution in [1.29, 1.82) is 0 Å². The normalized spacial score (nSPS) is 19.9. The van der Waals surface area contributed by atoms with Gasteiger partial charge in [-0.05, 0) is 58.0 Å². The Labute approximate surface area is 182 Å². The zero-order chi connectivity index (χ0) is 23.6. The summed E-state index contributed by atoms with van der Waals surface area (Å²) in [5.74, 6) is -3.22. The molecule has 3 amide bonds. The largest absolute Gasteiger partial charge is 0.480 e. The van der Waals surface area contributed by atoms with Crippen LogP contribution in [0.2, 0.25) is 0 Å². The average Bonchev–Trinajstić information content (AvgIpc) is 3.23. The SMILES string of the molecule is CC(C)C(NC(=O)C1CCCN1)C(=O)NC(C(=O)NC(CCCCN)C(=O)O)C(C)O. The molecule has 0 aromatic heterocycles. The molecule has 0 aromatic carbocycles. The molecule has 1 saturated heterocycles. The summed E-state index contributed by atoms with van der Waals surface area (Å²) in [6.07, 6.45) is 1.58. The van der Waals surface area contributed by atoms with Crippen molar-refractivity contribution in [2.24, 2.45) is 11.7 Å². The highest BCUT2D eigenvalue weighted by Crippen LogP contribution is 2.09. The minimum atomic E-state index is -1.37. The van der Waals surface area contributed by atoms with E-state index in [0.29, 0.717) is 25.8 Å². The first-order chi connectivity index (χ1) is 14.6. The van der Waals surface area contributed by atoms with Crippen molar-refractivity contribution in [1.82, 2.24) is 21.3 Å². The van der Waals surface area contributed by atoms with Gasteiger partial charge in [-0.2, -0.15) is 0 Å². The van der Waals surface area contributed by atoms with Gasteiger partial charge in [-0.25, -0.2) is 4.79 Å². The second kappa shape index (κ2) is 13.2. The summed E-state index contributed by atoms with van der Waals surface area (Å²) >= 11 is 0. The van der Waals surface area contributed by atoms with Crippen molar-refractivity contribution in [3.63, 3.8) is 0 Å². The van der Waals surface area contributed by atoms with Gasteiger partial charge in [0.2, 0.25) is 17.7 Å². The van der Waals surface area contributed by atoms with Crippen LogP contribution in [0.4, 0.5) is 0 Å². The second-order valence-electron chi connectivity index (χ2n) is 8.29. The zero-order valence-corrected chi connectivity index (χ0v) is 18.5. The first-order valence-electron chi connectivity index (χ1n) is 10.8. The van der Waals surface area contributed by atoms with E-state index in [0.717, 1.165) is 13.0 Å². The van der Waals surface area contributed by atoms with Gasteiger partial charge in [0.25, 0.3) is 0 Å². The molecule has 5 unspecified atom stereocenters. The quantitative estimate of drug-likeness (QED) is 0.167. The fraction of sp³-hybridized carbons (Fsp3) is 0.800. The highest BCUT2D eigenvalue weighted by molar-refractivity contribution is 5.94. The summed E-state index contributed by atoms with van der Waals surface area (Å²) in [6.45, 7) is 5.96. The molecule has 0 bridgehead atoms. The third-order valence-electron chi connectivity index (χ3n) is 5.25. The van der Waals surface area contributed by atoms with Gasteiger partial charge in [-0.15, -0.1) is 0 Å². The Kier molecular flexibility index (Phi) is 11.4. The van der Waals surface area contributed by atoms with E-state index in [4.69, 9.17) is 5.73 Å². The molecule has 11 heteroatoms. The fourth-order valence-corrected chi connectivity index (χ4v) is 3.36. The van der Waals surface area contributed by atoms with E-state index in [1.807, 2.05) is 0 Å². The average molecular weight is 444 g/mol. The molecule has 1 aliphatic rings. The highest BCUT2D eigenvalue weighted by atomic mass is 16.4. The molecule has 1 rings (SSSR count). The van der Waals surface area contributed by atoms with Crippen LogP contribution >= 0.6 is 0 Å². The van der Waals surface area contributed by atoms with Crippen LogP contribution in [-0.2, 0) is 19.2 Å².